The number of nitrogens with zero attached hydrogens (tertiary/aromatic N) is 2. The maximum absolute atomic E-state index is 11.6. The first-order chi connectivity index (χ1) is 11.8. The van der Waals surface area contributed by atoms with Gasteiger partial charge in [-0.05, 0) is 32.4 Å². The summed E-state index contributed by atoms with van der Waals surface area (Å²) in [6.45, 7) is 6.44. The number of anilines is 1. The zero-order valence-corrected chi connectivity index (χ0v) is 16.1. The Bertz CT molecular complexity index is 802. The first kappa shape index (κ1) is 17.7. The molecule has 0 atom stereocenters. The van der Waals surface area contributed by atoms with Crippen molar-refractivity contribution in [3.8, 4) is 11.3 Å². The summed E-state index contributed by atoms with van der Waals surface area (Å²) in [5.41, 5.74) is 3.98. The number of carbonyl (C=O) groups excluding carboxylic acids is 1. The molecule has 0 unspecified atom stereocenters. The predicted octanol–water partition coefficient (Wildman–Crippen LogP) is 3.75. The lowest BCUT2D eigenvalue weighted by atomic mass is 10.1. The third kappa shape index (κ3) is 4.28. The summed E-state index contributed by atoms with van der Waals surface area (Å²) >= 11 is 3.59. The van der Waals surface area contributed by atoms with Crippen LogP contribution >= 0.6 is 15.9 Å². The number of rotatable bonds is 4. The molecule has 2 N–H and O–H groups in total. The van der Waals surface area contributed by atoms with Gasteiger partial charge in [0.25, 0.3) is 0 Å². The third-order valence-electron chi connectivity index (χ3n) is 3.68. The Balaban J connectivity index is 1.58. The van der Waals surface area contributed by atoms with Gasteiger partial charge < -0.3 is 15.4 Å². The number of alkyl carbamates (subject to hydrolysis) is 1. The quantitative estimate of drug-likeness (QED) is 0.647. The number of hydrogen-bond acceptors (Lipinski definition) is 5. The largest absolute Gasteiger partial charge is 0.444 e. The Morgan fingerprint density at radius 3 is 2.88 bits per heavy atom. The van der Waals surface area contributed by atoms with Crippen molar-refractivity contribution in [2.45, 2.75) is 32.8 Å². The van der Waals surface area contributed by atoms with E-state index in [1.165, 1.54) is 5.56 Å². The molecule has 0 spiro atoms. The first-order valence-electron chi connectivity index (χ1n) is 8.18. The van der Waals surface area contributed by atoms with E-state index in [0.29, 0.717) is 19.0 Å². The minimum atomic E-state index is -0.498. The molecule has 1 aliphatic rings. The summed E-state index contributed by atoms with van der Waals surface area (Å²) in [4.78, 5) is 20.6. The molecule has 0 saturated heterocycles. The maximum atomic E-state index is 11.6. The van der Waals surface area contributed by atoms with Crippen LogP contribution in [0.15, 0.2) is 28.9 Å². The second-order valence-corrected chi connectivity index (χ2v) is 7.72. The summed E-state index contributed by atoms with van der Waals surface area (Å²) in [5.74, 6) is 0.553. The molecule has 6 nitrogen and oxygen atoms in total. The van der Waals surface area contributed by atoms with E-state index in [-0.39, 0.29) is 0 Å². The molecule has 25 heavy (non-hydrogen) atoms. The molecule has 0 radical (unpaired) electrons. The van der Waals surface area contributed by atoms with Crippen LogP contribution in [-0.2, 0) is 11.2 Å². The lowest BCUT2D eigenvalue weighted by Crippen LogP contribution is -2.35. The van der Waals surface area contributed by atoms with Gasteiger partial charge in [-0.15, -0.1) is 0 Å². The predicted molar refractivity (Wildman–Crippen MR) is 101 cm³/mol. The van der Waals surface area contributed by atoms with E-state index < -0.39 is 11.7 Å². The van der Waals surface area contributed by atoms with Crippen LogP contribution < -0.4 is 10.6 Å². The van der Waals surface area contributed by atoms with Gasteiger partial charge in [0, 0.05) is 41.3 Å². The molecule has 1 aromatic heterocycles. The van der Waals surface area contributed by atoms with Gasteiger partial charge in [-0.1, -0.05) is 28.1 Å². The molecular weight excluding hydrogens is 384 g/mol. The minimum absolute atomic E-state index is 0.428. The van der Waals surface area contributed by atoms with Gasteiger partial charge in [-0.2, -0.15) is 0 Å². The van der Waals surface area contributed by atoms with Crippen molar-refractivity contribution in [2.24, 2.45) is 0 Å². The van der Waals surface area contributed by atoms with Gasteiger partial charge in [-0.3, -0.25) is 0 Å². The van der Waals surface area contributed by atoms with E-state index in [1.54, 1.807) is 0 Å². The number of benzene rings is 1. The molecular formula is C18H21BrN4O2. The van der Waals surface area contributed by atoms with E-state index in [0.717, 1.165) is 27.7 Å². The monoisotopic (exact) mass is 404 g/mol. The second-order valence-electron chi connectivity index (χ2n) is 6.87. The normalized spacial score (nSPS) is 12.3. The molecule has 2 aromatic rings. The Morgan fingerprint density at radius 2 is 2.12 bits per heavy atom. The van der Waals surface area contributed by atoms with Crippen molar-refractivity contribution in [3.05, 3.63) is 40.0 Å². The number of aromatic nitrogens is 2. The molecule has 0 bridgehead atoms. The van der Waals surface area contributed by atoms with Crippen molar-refractivity contribution >= 4 is 28.0 Å². The standard InChI is InChI=1S/C18H21BrN4O2/c1-18(2,3)25-17(24)21-8-7-20-16-22-10-11-9-13-12(15(11)23-16)5-4-6-14(13)19/h4-6,10H,7-9H2,1-3H3,(H,21,24)(H,20,22,23). The van der Waals surface area contributed by atoms with E-state index >= 15 is 0 Å². The number of nitrogens with one attached hydrogen (secondary N) is 2. The molecule has 0 saturated carbocycles. The van der Waals surface area contributed by atoms with E-state index in [2.05, 4.69) is 42.6 Å². The average molecular weight is 405 g/mol. The van der Waals surface area contributed by atoms with E-state index in [9.17, 15) is 4.79 Å². The maximum Gasteiger partial charge on any atom is 0.407 e. The summed E-state index contributed by atoms with van der Waals surface area (Å²) in [5, 5.41) is 5.83. The van der Waals surface area contributed by atoms with E-state index in [4.69, 9.17) is 4.74 Å². The zero-order chi connectivity index (χ0) is 18.0. The Morgan fingerprint density at radius 1 is 1.32 bits per heavy atom. The number of halogens is 1. The van der Waals surface area contributed by atoms with Crippen molar-refractivity contribution in [1.82, 2.24) is 15.3 Å². The SMILES string of the molecule is CC(C)(C)OC(=O)NCCNc1ncc2c(n1)-c1cccc(Br)c1C2. The number of fused-ring (bicyclic) bond motifs is 3. The molecule has 3 rings (SSSR count). The number of amides is 1. The summed E-state index contributed by atoms with van der Waals surface area (Å²) in [6.07, 6.45) is 2.27. The van der Waals surface area contributed by atoms with Gasteiger partial charge in [0.15, 0.2) is 0 Å². The van der Waals surface area contributed by atoms with Crippen LogP contribution in [0.5, 0.6) is 0 Å². The fourth-order valence-electron chi connectivity index (χ4n) is 2.66. The Kier molecular flexibility index (Phi) is 4.94. The molecule has 132 valence electrons. The second kappa shape index (κ2) is 7.00. The van der Waals surface area contributed by atoms with Crippen LogP contribution in [0.3, 0.4) is 0 Å². The molecule has 0 aliphatic heterocycles. The van der Waals surface area contributed by atoms with Gasteiger partial charge >= 0.3 is 6.09 Å². The molecule has 1 aliphatic carbocycles. The average Bonchev–Trinajstić information content (AvgIpc) is 2.90. The molecule has 7 heteroatoms. The highest BCUT2D eigenvalue weighted by Gasteiger charge is 2.22. The van der Waals surface area contributed by atoms with Crippen molar-refractivity contribution in [1.29, 1.82) is 0 Å². The fourth-order valence-corrected chi connectivity index (χ4v) is 3.16. The lowest BCUT2D eigenvalue weighted by molar-refractivity contribution is 0.0530. The highest BCUT2D eigenvalue weighted by molar-refractivity contribution is 9.10. The number of ether oxygens (including phenoxy) is 1. The molecule has 1 aromatic carbocycles. The lowest BCUT2D eigenvalue weighted by Gasteiger charge is -2.19. The van der Waals surface area contributed by atoms with Crippen LogP contribution in [0.4, 0.5) is 10.7 Å². The molecule has 0 fully saturated rings. The van der Waals surface area contributed by atoms with Crippen LogP contribution in [-0.4, -0.2) is 34.8 Å². The van der Waals surface area contributed by atoms with Crippen LogP contribution in [0, 0.1) is 0 Å². The summed E-state index contributed by atoms with van der Waals surface area (Å²) in [6, 6.07) is 6.13. The minimum Gasteiger partial charge on any atom is -0.444 e. The highest BCUT2D eigenvalue weighted by atomic mass is 79.9. The van der Waals surface area contributed by atoms with Crippen LogP contribution in [0.1, 0.15) is 31.9 Å². The smallest absolute Gasteiger partial charge is 0.407 e. The first-order valence-corrected chi connectivity index (χ1v) is 8.97. The zero-order valence-electron chi connectivity index (χ0n) is 14.5. The topological polar surface area (TPSA) is 76.1 Å². The third-order valence-corrected chi connectivity index (χ3v) is 4.43. The van der Waals surface area contributed by atoms with Gasteiger partial charge in [0.05, 0.1) is 5.69 Å². The highest BCUT2D eigenvalue weighted by Crippen LogP contribution is 2.38. The Labute approximate surface area is 155 Å². The van der Waals surface area contributed by atoms with Gasteiger partial charge in [0.1, 0.15) is 5.60 Å². The summed E-state index contributed by atoms with van der Waals surface area (Å²) in [7, 11) is 0. The van der Waals surface area contributed by atoms with Crippen molar-refractivity contribution in [3.63, 3.8) is 0 Å². The number of carbonyl (C=O) groups is 1. The Hall–Kier alpha value is -2.15. The van der Waals surface area contributed by atoms with E-state index in [1.807, 2.05) is 39.1 Å². The van der Waals surface area contributed by atoms with Crippen LogP contribution in [0.2, 0.25) is 0 Å². The summed E-state index contributed by atoms with van der Waals surface area (Å²) < 4.78 is 6.28. The van der Waals surface area contributed by atoms with Crippen molar-refractivity contribution in [2.75, 3.05) is 18.4 Å². The van der Waals surface area contributed by atoms with Crippen LogP contribution in [0.25, 0.3) is 11.3 Å². The molecule has 1 heterocycles. The molecule has 1 amide bonds. The number of hydrogen-bond donors (Lipinski definition) is 2. The van der Waals surface area contributed by atoms with Gasteiger partial charge in [-0.25, -0.2) is 14.8 Å². The fraction of sp³-hybridized carbons (Fsp3) is 0.389. The van der Waals surface area contributed by atoms with Crippen molar-refractivity contribution < 1.29 is 9.53 Å². The van der Waals surface area contributed by atoms with Gasteiger partial charge in [0.2, 0.25) is 5.95 Å².